The van der Waals surface area contributed by atoms with Crippen LogP contribution in [0, 0.1) is 11.6 Å². The monoisotopic (exact) mass is 489 g/mol. The van der Waals surface area contributed by atoms with E-state index in [0.717, 1.165) is 23.6 Å². The minimum atomic E-state index is -0.446. The number of ether oxygens (including phenoxy) is 2. The van der Waals surface area contributed by atoms with Gasteiger partial charge in [-0.1, -0.05) is 12.1 Å². The summed E-state index contributed by atoms with van der Waals surface area (Å²) >= 11 is 0. The molecule has 0 saturated carbocycles. The van der Waals surface area contributed by atoms with Crippen molar-refractivity contribution in [1.82, 2.24) is 10.6 Å². The lowest BCUT2D eigenvalue weighted by molar-refractivity contribution is 0.0936. The Labute approximate surface area is 174 Å². The third kappa shape index (κ3) is 5.95. The molecule has 0 spiro atoms. The molecule has 0 saturated heterocycles. The second kappa shape index (κ2) is 10.3. The molecule has 2 N–H and O–H groups in total. The minimum Gasteiger partial charge on any atom is -0.486 e. The number of hydrogen-bond donors (Lipinski definition) is 2. The first-order valence-electron chi connectivity index (χ1n) is 8.42. The van der Waals surface area contributed by atoms with Gasteiger partial charge in [0.15, 0.2) is 17.5 Å². The Morgan fingerprint density at radius 3 is 2.70 bits per heavy atom. The molecule has 0 aromatic heterocycles. The highest BCUT2D eigenvalue weighted by Gasteiger charge is 2.20. The SMILES string of the molecule is CN=C(NCCc1cc(F)ccc1F)NCC1COc2ccccc2O1.I. The van der Waals surface area contributed by atoms with Gasteiger partial charge in [0.2, 0.25) is 0 Å². The average Bonchev–Trinajstić information content (AvgIpc) is 2.67. The van der Waals surface area contributed by atoms with E-state index >= 15 is 0 Å². The zero-order chi connectivity index (χ0) is 18.4. The van der Waals surface area contributed by atoms with Gasteiger partial charge in [-0.3, -0.25) is 4.99 Å². The van der Waals surface area contributed by atoms with Crippen molar-refractivity contribution in [2.45, 2.75) is 12.5 Å². The standard InChI is InChI=1S/C19H21F2N3O2.HI/c1-22-19(23-9-8-13-10-14(20)6-7-16(13)21)24-11-15-12-25-17-4-2-3-5-18(17)26-15;/h2-7,10,15H,8-9,11-12H2,1H3,(H2,22,23,24);1H. The van der Waals surface area contributed by atoms with Gasteiger partial charge in [0.25, 0.3) is 0 Å². The molecule has 146 valence electrons. The summed E-state index contributed by atoms with van der Waals surface area (Å²) in [5.41, 5.74) is 0.327. The Hall–Kier alpha value is -2.10. The summed E-state index contributed by atoms with van der Waals surface area (Å²) in [4.78, 5) is 4.12. The molecule has 1 atom stereocenters. The normalized spacial score (nSPS) is 15.7. The lowest BCUT2D eigenvalue weighted by atomic mass is 10.1. The van der Waals surface area contributed by atoms with Gasteiger partial charge < -0.3 is 20.1 Å². The molecule has 2 aromatic carbocycles. The highest BCUT2D eigenvalue weighted by Crippen LogP contribution is 2.30. The lowest BCUT2D eigenvalue weighted by Crippen LogP contribution is -2.45. The summed E-state index contributed by atoms with van der Waals surface area (Å²) in [7, 11) is 1.64. The van der Waals surface area contributed by atoms with Crippen LogP contribution in [0.3, 0.4) is 0 Å². The van der Waals surface area contributed by atoms with E-state index in [2.05, 4.69) is 15.6 Å². The first-order chi connectivity index (χ1) is 12.7. The second-order valence-electron chi connectivity index (χ2n) is 5.86. The molecule has 0 amide bonds. The Balaban J connectivity index is 0.00000261. The van der Waals surface area contributed by atoms with Gasteiger partial charge >= 0.3 is 0 Å². The van der Waals surface area contributed by atoms with E-state index in [1.54, 1.807) is 7.05 Å². The number of hydrogen-bond acceptors (Lipinski definition) is 3. The number of fused-ring (bicyclic) bond motifs is 1. The number of nitrogens with zero attached hydrogens (tertiary/aromatic N) is 1. The summed E-state index contributed by atoms with van der Waals surface area (Å²) in [5.74, 6) is 1.16. The summed E-state index contributed by atoms with van der Waals surface area (Å²) < 4.78 is 38.3. The van der Waals surface area contributed by atoms with Crippen LogP contribution in [0.25, 0.3) is 0 Å². The van der Waals surface area contributed by atoms with E-state index in [1.807, 2.05) is 24.3 Å². The van der Waals surface area contributed by atoms with Crippen molar-refractivity contribution in [3.05, 3.63) is 59.7 Å². The van der Waals surface area contributed by atoms with Crippen LogP contribution in [0.2, 0.25) is 0 Å². The second-order valence-corrected chi connectivity index (χ2v) is 5.86. The third-order valence-electron chi connectivity index (χ3n) is 3.98. The molecule has 3 rings (SSSR count). The van der Waals surface area contributed by atoms with Gasteiger partial charge in [-0.15, -0.1) is 24.0 Å². The molecule has 2 aromatic rings. The molecular weight excluding hydrogens is 467 g/mol. The molecule has 8 heteroatoms. The van der Waals surface area contributed by atoms with E-state index in [9.17, 15) is 8.78 Å². The fourth-order valence-electron chi connectivity index (χ4n) is 2.65. The first kappa shape index (κ1) is 21.2. The van der Waals surface area contributed by atoms with Crippen LogP contribution >= 0.6 is 24.0 Å². The van der Waals surface area contributed by atoms with E-state index in [4.69, 9.17) is 9.47 Å². The Morgan fingerprint density at radius 1 is 1.15 bits per heavy atom. The Morgan fingerprint density at radius 2 is 1.93 bits per heavy atom. The number of nitrogens with one attached hydrogen (secondary N) is 2. The molecule has 0 aliphatic carbocycles. The number of benzene rings is 2. The van der Waals surface area contributed by atoms with E-state index in [0.29, 0.717) is 37.6 Å². The summed E-state index contributed by atoms with van der Waals surface area (Å²) in [6.45, 7) is 1.36. The smallest absolute Gasteiger partial charge is 0.191 e. The van der Waals surface area contributed by atoms with Gasteiger partial charge in [-0.25, -0.2) is 8.78 Å². The van der Waals surface area contributed by atoms with Crippen LogP contribution in [0.4, 0.5) is 8.78 Å². The number of para-hydroxylation sites is 2. The van der Waals surface area contributed by atoms with Gasteiger partial charge in [-0.05, 0) is 42.3 Å². The van der Waals surface area contributed by atoms with Crippen molar-refractivity contribution >= 4 is 29.9 Å². The lowest BCUT2D eigenvalue weighted by Gasteiger charge is -2.27. The van der Waals surface area contributed by atoms with Gasteiger partial charge in [0.1, 0.15) is 24.3 Å². The molecule has 5 nitrogen and oxygen atoms in total. The zero-order valence-electron chi connectivity index (χ0n) is 14.9. The van der Waals surface area contributed by atoms with Crippen molar-refractivity contribution in [1.29, 1.82) is 0 Å². The number of halogens is 3. The molecule has 1 aliphatic heterocycles. The maximum Gasteiger partial charge on any atom is 0.191 e. The summed E-state index contributed by atoms with van der Waals surface area (Å²) in [5, 5.41) is 6.22. The largest absolute Gasteiger partial charge is 0.486 e. The first-order valence-corrected chi connectivity index (χ1v) is 8.42. The van der Waals surface area contributed by atoms with E-state index in [1.165, 1.54) is 6.07 Å². The number of guanidine groups is 1. The van der Waals surface area contributed by atoms with E-state index in [-0.39, 0.29) is 30.1 Å². The molecule has 0 radical (unpaired) electrons. The van der Waals surface area contributed by atoms with Crippen molar-refractivity contribution < 1.29 is 18.3 Å². The average molecular weight is 489 g/mol. The molecule has 0 fully saturated rings. The van der Waals surface area contributed by atoms with Gasteiger partial charge in [0, 0.05) is 13.6 Å². The van der Waals surface area contributed by atoms with Gasteiger partial charge in [-0.2, -0.15) is 0 Å². The van der Waals surface area contributed by atoms with Crippen LogP contribution in [-0.4, -0.2) is 38.8 Å². The topological polar surface area (TPSA) is 54.9 Å². The Kier molecular flexibility index (Phi) is 8.08. The van der Waals surface area contributed by atoms with Crippen LogP contribution < -0.4 is 20.1 Å². The van der Waals surface area contributed by atoms with Crippen LogP contribution in [0.15, 0.2) is 47.5 Å². The fourth-order valence-corrected chi connectivity index (χ4v) is 2.65. The highest BCUT2D eigenvalue weighted by molar-refractivity contribution is 14.0. The van der Waals surface area contributed by atoms with Crippen LogP contribution in [0.5, 0.6) is 11.5 Å². The maximum absolute atomic E-state index is 13.6. The Bertz CT molecular complexity index is 789. The minimum absolute atomic E-state index is 0. The predicted molar refractivity (Wildman–Crippen MR) is 111 cm³/mol. The molecule has 1 heterocycles. The maximum atomic E-state index is 13.6. The summed E-state index contributed by atoms with van der Waals surface area (Å²) in [6.07, 6.45) is 0.199. The molecule has 0 bridgehead atoms. The molecule has 1 unspecified atom stereocenters. The molecular formula is C19H22F2IN3O2. The predicted octanol–water partition coefficient (Wildman–Crippen LogP) is 3.13. The van der Waals surface area contributed by atoms with Crippen LogP contribution in [0.1, 0.15) is 5.56 Å². The van der Waals surface area contributed by atoms with Crippen molar-refractivity contribution in [2.24, 2.45) is 4.99 Å². The zero-order valence-corrected chi connectivity index (χ0v) is 17.2. The number of aliphatic imine (C=N–C) groups is 1. The van der Waals surface area contributed by atoms with Gasteiger partial charge in [0.05, 0.1) is 6.54 Å². The van der Waals surface area contributed by atoms with Crippen molar-refractivity contribution in [3.8, 4) is 11.5 Å². The fraction of sp³-hybridized carbons (Fsp3) is 0.316. The third-order valence-corrected chi connectivity index (χ3v) is 3.98. The highest BCUT2D eigenvalue weighted by atomic mass is 127. The quantitative estimate of drug-likeness (QED) is 0.385. The van der Waals surface area contributed by atoms with Crippen molar-refractivity contribution in [2.75, 3.05) is 26.7 Å². The summed E-state index contributed by atoms with van der Waals surface area (Å²) in [6, 6.07) is 11.0. The van der Waals surface area contributed by atoms with E-state index < -0.39 is 11.6 Å². The number of rotatable bonds is 5. The van der Waals surface area contributed by atoms with Crippen molar-refractivity contribution in [3.63, 3.8) is 0 Å². The molecule has 27 heavy (non-hydrogen) atoms. The molecule has 1 aliphatic rings. The van der Waals surface area contributed by atoms with Crippen LogP contribution in [-0.2, 0) is 6.42 Å².